The molecular weight excluding hydrogens is 510 g/mol. The van der Waals surface area contributed by atoms with Crippen LogP contribution in [0.15, 0.2) is 10.9 Å². The molecule has 2 aliphatic carbocycles. The van der Waals surface area contributed by atoms with Gasteiger partial charge in [-0.25, -0.2) is 8.78 Å². The first kappa shape index (κ1) is 27.3. The number of nitrogens with zero attached hydrogens (tertiary/aromatic N) is 5. The van der Waals surface area contributed by atoms with Crippen molar-refractivity contribution in [3.05, 3.63) is 33.3 Å². The summed E-state index contributed by atoms with van der Waals surface area (Å²) in [6.07, 6.45) is 4.42. The highest BCUT2D eigenvalue weighted by Crippen LogP contribution is 2.41. The summed E-state index contributed by atoms with van der Waals surface area (Å²) in [5.74, 6) is -3.92. The molecule has 2 amide bonds. The fraction of sp³-hybridized carbons (Fsp3) is 0.630. The second-order valence-electron chi connectivity index (χ2n) is 11.6. The van der Waals surface area contributed by atoms with Crippen molar-refractivity contribution in [2.75, 3.05) is 19.6 Å². The lowest BCUT2D eigenvalue weighted by atomic mass is 9.86. The van der Waals surface area contributed by atoms with Crippen LogP contribution >= 0.6 is 0 Å². The van der Waals surface area contributed by atoms with E-state index in [1.807, 2.05) is 25.7 Å². The normalized spacial score (nSPS) is 22.1. The Labute approximate surface area is 225 Å². The molecule has 1 saturated heterocycles. The molecular formula is C27H36F2N6O4. The molecule has 2 aromatic heterocycles. The van der Waals surface area contributed by atoms with Crippen LogP contribution in [0.25, 0.3) is 11.7 Å². The molecule has 39 heavy (non-hydrogen) atoms. The van der Waals surface area contributed by atoms with E-state index in [9.17, 15) is 28.3 Å². The number of hydrogen-bond acceptors (Lipinski definition) is 6. The Kier molecular flexibility index (Phi) is 7.02. The summed E-state index contributed by atoms with van der Waals surface area (Å²) in [5.41, 5.74) is 0.321. The SMILES string of the molecule is Cc1nn2c(O)c(C(=O)NC3CC3)c(=O)n(CC(C)C)c2c1/C=C/C(=O)N1CCN(C2CC(F)(F)C2)C[C@H]1C. The van der Waals surface area contributed by atoms with Crippen molar-refractivity contribution in [3.63, 3.8) is 0 Å². The topological polar surface area (TPSA) is 112 Å². The highest BCUT2D eigenvalue weighted by Gasteiger charge is 2.48. The second kappa shape index (κ2) is 10.0. The van der Waals surface area contributed by atoms with E-state index in [1.165, 1.54) is 15.2 Å². The molecule has 3 fully saturated rings. The molecule has 2 aromatic rings. The molecule has 0 spiro atoms. The van der Waals surface area contributed by atoms with Gasteiger partial charge in [-0.15, -0.1) is 0 Å². The van der Waals surface area contributed by atoms with Gasteiger partial charge in [0.05, 0.1) is 5.69 Å². The Balaban J connectivity index is 1.42. The van der Waals surface area contributed by atoms with E-state index in [-0.39, 0.29) is 54.9 Å². The third-order valence-electron chi connectivity index (χ3n) is 7.83. The van der Waals surface area contributed by atoms with Gasteiger partial charge in [-0.3, -0.25) is 23.9 Å². The number of carbonyl (C=O) groups is 2. The van der Waals surface area contributed by atoms with E-state index >= 15 is 0 Å². The first-order chi connectivity index (χ1) is 18.4. The van der Waals surface area contributed by atoms with Crippen LogP contribution in [0, 0.1) is 12.8 Å². The first-order valence-electron chi connectivity index (χ1n) is 13.6. The maximum Gasteiger partial charge on any atom is 0.270 e. The number of hydrogen-bond donors (Lipinski definition) is 2. The van der Waals surface area contributed by atoms with Gasteiger partial charge in [0.1, 0.15) is 5.65 Å². The molecule has 3 heterocycles. The fourth-order valence-corrected chi connectivity index (χ4v) is 5.56. The van der Waals surface area contributed by atoms with Gasteiger partial charge in [-0.1, -0.05) is 13.8 Å². The molecule has 3 aliphatic rings. The lowest BCUT2D eigenvalue weighted by Gasteiger charge is -2.48. The summed E-state index contributed by atoms with van der Waals surface area (Å²) in [5, 5.41) is 18.1. The minimum Gasteiger partial charge on any atom is -0.492 e. The molecule has 1 aliphatic heterocycles. The standard InChI is InChI=1S/C27H36F2N6O4/c1-15(2)13-34-24-20(17(4)31-35(24)26(39)22(25(34)38)23(37)30-18-5-6-18)7-8-21(36)33-10-9-32(14-16(33)3)19-11-27(28,29)12-19/h7-8,15-16,18-19,39H,5-6,9-14H2,1-4H3,(H,30,37)/b8-7+/t16-/m1/s1. The lowest BCUT2D eigenvalue weighted by Crippen LogP contribution is -2.60. The van der Waals surface area contributed by atoms with Crippen molar-refractivity contribution in [2.45, 2.75) is 84.0 Å². The van der Waals surface area contributed by atoms with E-state index in [0.29, 0.717) is 36.5 Å². The fourth-order valence-electron chi connectivity index (χ4n) is 5.56. The van der Waals surface area contributed by atoms with Crippen LogP contribution < -0.4 is 10.9 Å². The number of rotatable bonds is 7. The van der Waals surface area contributed by atoms with Gasteiger partial charge in [0.15, 0.2) is 5.56 Å². The molecule has 212 valence electrons. The van der Waals surface area contributed by atoms with Crippen molar-refractivity contribution in [1.82, 2.24) is 29.3 Å². The first-order valence-corrected chi connectivity index (χ1v) is 13.6. The van der Waals surface area contributed by atoms with Gasteiger partial charge in [0.2, 0.25) is 11.8 Å². The van der Waals surface area contributed by atoms with Crippen molar-refractivity contribution in [3.8, 4) is 5.88 Å². The molecule has 12 heteroatoms. The van der Waals surface area contributed by atoms with Crippen molar-refractivity contribution >= 4 is 23.5 Å². The third-order valence-corrected chi connectivity index (χ3v) is 7.83. The van der Waals surface area contributed by atoms with Gasteiger partial charge in [0, 0.05) is 68.8 Å². The Bertz CT molecular complexity index is 1390. The van der Waals surface area contributed by atoms with Gasteiger partial charge in [-0.05, 0) is 38.7 Å². The number of alkyl halides is 2. The quantitative estimate of drug-likeness (QED) is 0.516. The highest BCUT2D eigenvalue weighted by atomic mass is 19.3. The molecule has 0 bridgehead atoms. The maximum atomic E-state index is 13.5. The number of carbonyl (C=O) groups excluding carboxylic acids is 2. The molecule has 5 rings (SSSR count). The Hall–Kier alpha value is -3.28. The van der Waals surface area contributed by atoms with Crippen LogP contribution in [0.2, 0.25) is 0 Å². The summed E-state index contributed by atoms with van der Waals surface area (Å²) >= 11 is 0. The van der Waals surface area contributed by atoms with E-state index in [0.717, 1.165) is 12.8 Å². The summed E-state index contributed by atoms with van der Waals surface area (Å²) in [4.78, 5) is 43.2. The Morgan fingerprint density at radius 2 is 1.92 bits per heavy atom. The second-order valence-corrected chi connectivity index (χ2v) is 11.6. The van der Waals surface area contributed by atoms with Crippen LogP contribution in [-0.4, -0.2) is 84.6 Å². The Morgan fingerprint density at radius 3 is 2.51 bits per heavy atom. The lowest BCUT2D eigenvalue weighted by molar-refractivity contribution is -0.143. The highest BCUT2D eigenvalue weighted by molar-refractivity contribution is 5.97. The molecule has 0 unspecified atom stereocenters. The predicted octanol–water partition coefficient (Wildman–Crippen LogP) is 2.40. The van der Waals surface area contributed by atoms with Gasteiger partial charge in [-0.2, -0.15) is 9.61 Å². The zero-order valence-electron chi connectivity index (χ0n) is 22.8. The molecule has 2 saturated carbocycles. The number of fused-ring (bicyclic) bond motifs is 1. The van der Waals surface area contributed by atoms with Crippen molar-refractivity contribution < 1.29 is 23.5 Å². The number of halogens is 2. The largest absolute Gasteiger partial charge is 0.492 e. The predicted molar refractivity (Wildman–Crippen MR) is 141 cm³/mol. The van der Waals surface area contributed by atoms with E-state index < -0.39 is 23.3 Å². The summed E-state index contributed by atoms with van der Waals surface area (Å²) in [6, 6.07) is -0.280. The monoisotopic (exact) mass is 546 g/mol. The number of aromatic hydroxyl groups is 1. The summed E-state index contributed by atoms with van der Waals surface area (Å²) < 4.78 is 29.3. The number of amides is 2. The van der Waals surface area contributed by atoms with Gasteiger partial charge >= 0.3 is 0 Å². The van der Waals surface area contributed by atoms with Crippen LogP contribution in [0.1, 0.15) is 68.1 Å². The molecule has 10 nitrogen and oxygen atoms in total. The van der Waals surface area contributed by atoms with Crippen molar-refractivity contribution in [1.29, 1.82) is 0 Å². The molecule has 2 N–H and O–H groups in total. The van der Waals surface area contributed by atoms with Crippen LogP contribution in [0.5, 0.6) is 5.88 Å². The third kappa shape index (κ3) is 5.30. The molecule has 0 radical (unpaired) electrons. The smallest absolute Gasteiger partial charge is 0.270 e. The molecule has 1 atom stereocenters. The zero-order valence-corrected chi connectivity index (χ0v) is 22.8. The average molecular weight is 547 g/mol. The van der Waals surface area contributed by atoms with Crippen LogP contribution in [0.4, 0.5) is 8.78 Å². The van der Waals surface area contributed by atoms with Gasteiger partial charge in [0.25, 0.3) is 17.4 Å². The maximum absolute atomic E-state index is 13.5. The molecule has 0 aromatic carbocycles. The number of aryl methyl sites for hydroxylation is 1. The minimum absolute atomic E-state index is 0.00771. The van der Waals surface area contributed by atoms with Gasteiger partial charge < -0.3 is 15.3 Å². The zero-order chi connectivity index (χ0) is 28.2. The summed E-state index contributed by atoms with van der Waals surface area (Å²) in [7, 11) is 0. The minimum atomic E-state index is -2.58. The van der Waals surface area contributed by atoms with Crippen LogP contribution in [0.3, 0.4) is 0 Å². The van der Waals surface area contributed by atoms with Crippen molar-refractivity contribution in [2.24, 2.45) is 5.92 Å². The number of aromatic nitrogens is 3. The van der Waals surface area contributed by atoms with E-state index in [2.05, 4.69) is 10.4 Å². The summed E-state index contributed by atoms with van der Waals surface area (Å²) in [6.45, 7) is 9.27. The van der Waals surface area contributed by atoms with Crippen LogP contribution in [-0.2, 0) is 11.3 Å². The average Bonchev–Trinajstić information content (AvgIpc) is 3.58. The number of nitrogens with one attached hydrogen (secondary N) is 1. The Morgan fingerprint density at radius 1 is 1.23 bits per heavy atom. The van der Waals surface area contributed by atoms with E-state index in [4.69, 9.17) is 0 Å². The number of piperazine rings is 1. The van der Waals surface area contributed by atoms with E-state index in [1.54, 1.807) is 17.9 Å².